The van der Waals surface area contributed by atoms with Gasteiger partial charge in [-0.25, -0.2) is 0 Å². The predicted octanol–water partition coefficient (Wildman–Crippen LogP) is 0.426. The number of hydrogen-bond acceptors (Lipinski definition) is 3. The molecule has 3 nitrogen and oxygen atoms in total. The molecule has 0 aromatic rings. The van der Waals surface area contributed by atoms with E-state index in [0.29, 0.717) is 12.6 Å². The SMILES string of the molecule is CC(C)N(C)CCC(C)(O)CN. The lowest BCUT2D eigenvalue weighted by molar-refractivity contribution is 0.0475. The van der Waals surface area contributed by atoms with Crippen LogP contribution < -0.4 is 5.73 Å². The van der Waals surface area contributed by atoms with Crippen LogP contribution in [0.15, 0.2) is 0 Å². The first-order valence-electron chi connectivity index (χ1n) is 4.52. The molecule has 0 rings (SSSR count). The highest BCUT2D eigenvalue weighted by atomic mass is 16.3. The van der Waals surface area contributed by atoms with Crippen LogP contribution in [0, 0.1) is 0 Å². The molecule has 0 aliphatic rings. The number of nitrogens with two attached hydrogens (primary N) is 1. The van der Waals surface area contributed by atoms with Gasteiger partial charge in [-0.1, -0.05) is 0 Å². The molecular formula is C9H22N2O. The van der Waals surface area contributed by atoms with Crippen LogP contribution in [0.4, 0.5) is 0 Å². The van der Waals surface area contributed by atoms with Gasteiger partial charge in [0, 0.05) is 19.1 Å². The molecule has 1 unspecified atom stereocenters. The van der Waals surface area contributed by atoms with Crippen molar-refractivity contribution in [2.45, 2.75) is 38.8 Å². The van der Waals surface area contributed by atoms with Gasteiger partial charge in [0.25, 0.3) is 0 Å². The molecule has 3 heteroatoms. The zero-order valence-electron chi connectivity index (χ0n) is 8.67. The summed E-state index contributed by atoms with van der Waals surface area (Å²) in [4.78, 5) is 2.20. The minimum Gasteiger partial charge on any atom is -0.389 e. The highest BCUT2D eigenvalue weighted by Crippen LogP contribution is 2.08. The Kier molecular flexibility index (Phi) is 4.75. The van der Waals surface area contributed by atoms with Gasteiger partial charge in [-0.2, -0.15) is 0 Å². The fraction of sp³-hybridized carbons (Fsp3) is 1.00. The summed E-state index contributed by atoms with van der Waals surface area (Å²) in [5.41, 5.74) is 4.69. The molecule has 0 saturated carbocycles. The first-order chi connectivity index (χ1) is 5.39. The van der Waals surface area contributed by atoms with Crippen molar-refractivity contribution in [1.82, 2.24) is 4.90 Å². The van der Waals surface area contributed by atoms with Crippen LogP contribution in [-0.2, 0) is 0 Å². The molecule has 0 aromatic carbocycles. The van der Waals surface area contributed by atoms with E-state index in [9.17, 15) is 5.11 Å². The van der Waals surface area contributed by atoms with E-state index in [0.717, 1.165) is 13.0 Å². The van der Waals surface area contributed by atoms with E-state index in [4.69, 9.17) is 5.73 Å². The second kappa shape index (κ2) is 4.80. The molecule has 0 bridgehead atoms. The van der Waals surface area contributed by atoms with E-state index in [1.54, 1.807) is 6.92 Å². The monoisotopic (exact) mass is 174 g/mol. The fourth-order valence-electron chi connectivity index (χ4n) is 0.777. The zero-order chi connectivity index (χ0) is 9.78. The summed E-state index contributed by atoms with van der Waals surface area (Å²) >= 11 is 0. The predicted molar refractivity (Wildman–Crippen MR) is 52.1 cm³/mol. The second-order valence-corrected chi connectivity index (χ2v) is 4.03. The molecule has 0 aliphatic heterocycles. The molecule has 0 amide bonds. The average Bonchev–Trinajstić information content (AvgIpc) is 2.00. The van der Waals surface area contributed by atoms with Gasteiger partial charge in [0.1, 0.15) is 0 Å². The molecule has 12 heavy (non-hydrogen) atoms. The Morgan fingerprint density at radius 1 is 1.50 bits per heavy atom. The molecule has 0 spiro atoms. The number of aliphatic hydroxyl groups is 1. The number of rotatable bonds is 5. The highest BCUT2D eigenvalue weighted by molar-refractivity contribution is 4.75. The molecular weight excluding hydrogens is 152 g/mol. The van der Waals surface area contributed by atoms with Crippen molar-refractivity contribution < 1.29 is 5.11 Å². The topological polar surface area (TPSA) is 49.5 Å². The lowest BCUT2D eigenvalue weighted by Gasteiger charge is -2.27. The second-order valence-electron chi connectivity index (χ2n) is 4.03. The zero-order valence-corrected chi connectivity index (χ0v) is 8.67. The molecule has 3 N–H and O–H groups in total. The van der Waals surface area contributed by atoms with E-state index < -0.39 is 5.60 Å². The van der Waals surface area contributed by atoms with Crippen molar-refractivity contribution in [3.63, 3.8) is 0 Å². The maximum absolute atomic E-state index is 9.60. The molecule has 0 heterocycles. The molecule has 0 radical (unpaired) electrons. The van der Waals surface area contributed by atoms with Crippen LogP contribution >= 0.6 is 0 Å². The van der Waals surface area contributed by atoms with Crippen LogP contribution in [-0.4, -0.2) is 41.8 Å². The average molecular weight is 174 g/mol. The Morgan fingerprint density at radius 2 is 2.00 bits per heavy atom. The van der Waals surface area contributed by atoms with E-state index in [1.165, 1.54) is 0 Å². The summed E-state index contributed by atoms with van der Waals surface area (Å²) in [6.07, 6.45) is 0.734. The lowest BCUT2D eigenvalue weighted by Crippen LogP contribution is -2.39. The largest absolute Gasteiger partial charge is 0.389 e. The molecule has 0 aromatic heterocycles. The molecule has 0 fully saturated rings. The van der Waals surface area contributed by atoms with E-state index in [1.807, 2.05) is 0 Å². The maximum atomic E-state index is 9.60. The van der Waals surface area contributed by atoms with Gasteiger partial charge in [0.05, 0.1) is 5.60 Å². The van der Waals surface area contributed by atoms with Crippen LogP contribution in [0.25, 0.3) is 0 Å². The van der Waals surface area contributed by atoms with Gasteiger partial charge in [-0.3, -0.25) is 0 Å². The van der Waals surface area contributed by atoms with Gasteiger partial charge in [-0.05, 0) is 34.2 Å². The molecule has 74 valence electrons. The van der Waals surface area contributed by atoms with E-state index >= 15 is 0 Å². The minimum absolute atomic E-state index is 0.332. The molecule has 1 atom stereocenters. The molecule has 0 saturated heterocycles. The first-order valence-corrected chi connectivity index (χ1v) is 4.52. The van der Waals surface area contributed by atoms with Crippen molar-refractivity contribution in [2.75, 3.05) is 20.1 Å². The number of nitrogens with zero attached hydrogens (tertiary/aromatic N) is 1. The normalized spacial score (nSPS) is 17.0. The van der Waals surface area contributed by atoms with E-state index in [-0.39, 0.29) is 0 Å². The third-order valence-corrected chi connectivity index (χ3v) is 2.32. The summed E-state index contributed by atoms with van der Waals surface area (Å²) in [6.45, 7) is 7.27. The summed E-state index contributed by atoms with van der Waals surface area (Å²) in [5.74, 6) is 0. The van der Waals surface area contributed by atoms with Gasteiger partial charge < -0.3 is 15.7 Å². The maximum Gasteiger partial charge on any atom is 0.0753 e. The Balaban J connectivity index is 3.67. The third kappa shape index (κ3) is 4.70. The van der Waals surface area contributed by atoms with Gasteiger partial charge in [0.2, 0.25) is 0 Å². The molecule has 0 aliphatic carbocycles. The summed E-state index contributed by atoms with van der Waals surface area (Å²) < 4.78 is 0. The summed E-state index contributed by atoms with van der Waals surface area (Å²) in [5, 5.41) is 9.60. The number of hydrogen-bond donors (Lipinski definition) is 2. The fourth-order valence-corrected chi connectivity index (χ4v) is 0.777. The van der Waals surface area contributed by atoms with Gasteiger partial charge >= 0.3 is 0 Å². The van der Waals surface area contributed by atoms with Crippen LogP contribution in [0.3, 0.4) is 0 Å². The van der Waals surface area contributed by atoms with Gasteiger partial charge in [-0.15, -0.1) is 0 Å². The van der Waals surface area contributed by atoms with Gasteiger partial charge in [0.15, 0.2) is 0 Å². The Bertz CT molecular complexity index is 124. The first kappa shape index (κ1) is 11.9. The standard InChI is InChI=1S/C9H22N2O/c1-8(2)11(4)6-5-9(3,12)7-10/h8,12H,5-7,10H2,1-4H3. The summed E-state index contributed by atoms with van der Waals surface area (Å²) in [6, 6.07) is 0.526. The van der Waals surface area contributed by atoms with Crippen molar-refractivity contribution in [3.8, 4) is 0 Å². The summed E-state index contributed by atoms with van der Waals surface area (Å²) in [7, 11) is 2.05. The Morgan fingerprint density at radius 3 is 2.33 bits per heavy atom. The van der Waals surface area contributed by atoms with E-state index in [2.05, 4.69) is 25.8 Å². The van der Waals surface area contributed by atoms with Crippen molar-refractivity contribution in [1.29, 1.82) is 0 Å². The van der Waals surface area contributed by atoms with Crippen molar-refractivity contribution >= 4 is 0 Å². The lowest BCUT2D eigenvalue weighted by atomic mass is 10.0. The Hall–Kier alpha value is -0.120. The Labute approximate surface area is 75.6 Å². The van der Waals surface area contributed by atoms with Crippen LogP contribution in [0.1, 0.15) is 27.2 Å². The van der Waals surface area contributed by atoms with Crippen molar-refractivity contribution in [2.24, 2.45) is 5.73 Å². The van der Waals surface area contributed by atoms with Crippen molar-refractivity contribution in [3.05, 3.63) is 0 Å². The minimum atomic E-state index is -0.705. The van der Waals surface area contributed by atoms with Crippen LogP contribution in [0.5, 0.6) is 0 Å². The van der Waals surface area contributed by atoms with Crippen LogP contribution in [0.2, 0.25) is 0 Å². The quantitative estimate of drug-likeness (QED) is 0.635. The third-order valence-electron chi connectivity index (χ3n) is 2.32. The smallest absolute Gasteiger partial charge is 0.0753 e. The highest BCUT2D eigenvalue weighted by Gasteiger charge is 2.18.